The summed E-state index contributed by atoms with van der Waals surface area (Å²) in [4.78, 5) is 10.2. The van der Waals surface area contributed by atoms with Crippen LogP contribution in [-0.4, -0.2) is 6.29 Å². The summed E-state index contributed by atoms with van der Waals surface area (Å²) in [5.41, 5.74) is 0.795. The Morgan fingerprint density at radius 2 is 2.10 bits per heavy atom. The summed E-state index contributed by atoms with van der Waals surface area (Å²) < 4.78 is 0. The maximum absolute atomic E-state index is 10.2. The molecule has 0 spiro atoms. The molecule has 0 N–H and O–H groups in total. The predicted octanol–water partition coefficient (Wildman–Crippen LogP) is 2.34. The van der Waals surface area contributed by atoms with Crippen LogP contribution in [0, 0.1) is 5.41 Å². The monoisotopic (exact) mass is 138 g/mol. The van der Waals surface area contributed by atoms with Gasteiger partial charge in [-0.2, -0.15) is 0 Å². The van der Waals surface area contributed by atoms with Crippen molar-refractivity contribution in [1.29, 1.82) is 0 Å². The minimum absolute atomic E-state index is 0.122. The number of hydrogen-bond donors (Lipinski definition) is 0. The van der Waals surface area contributed by atoms with E-state index in [9.17, 15) is 4.79 Å². The van der Waals surface area contributed by atoms with Crippen molar-refractivity contribution in [1.82, 2.24) is 0 Å². The third-order valence-corrected chi connectivity index (χ3v) is 1.71. The molecule has 0 aromatic carbocycles. The van der Waals surface area contributed by atoms with Crippen molar-refractivity contribution in [2.45, 2.75) is 20.3 Å². The van der Waals surface area contributed by atoms with Crippen molar-refractivity contribution < 1.29 is 4.79 Å². The van der Waals surface area contributed by atoms with E-state index in [1.54, 1.807) is 6.08 Å². The largest absolute Gasteiger partial charge is 0.303 e. The van der Waals surface area contributed by atoms with Crippen LogP contribution in [0.2, 0.25) is 0 Å². The highest BCUT2D eigenvalue weighted by atomic mass is 16.1. The highest BCUT2D eigenvalue weighted by Gasteiger charge is 2.18. The van der Waals surface area contributed by atoms with Gasteiger partial charge in [0, 0.05) is 6.42 Å². The number of hydrogen-bond acceptors (Lipinski definition) is 1. The lowest BCUT2D eigenvalue weighted by molar-refractivity contribution is -0.109. The average molecular weight is 138 g/mol. The molecule has 0 saturated carbocycles. The van der Waals surface area contributed by atoms with E-state index < -0.39 is 0 Å². The van der Waals surface area contributed by atoms with Crippen molar-refractivity contribution in [3.63, 3.8) is 0 Å². The lowest BCUT2D eigenvalue weighted by Crippen LogP contribution is -2.12. The molecule has 0 atom stereocenters. The fourth-order valence-corrected chi connectivity index (χ4v) is 0.616. The summed E-state index contributed by atoms with van der Waals surface area (Å²) >= 11 is 0. The first-order valence-corrected chi connectivity index (χ1v) is 3.30. The van der Waals surface area contributed by atoms with Crippen LogP contribution >= 0.6 is 0 Å². The van der Waals surface area contributed by atoms with Crippen LogP contribution < -0.4 is 0 Å². The molecule has 0 aliphatic rings. The zero-order chi connectivity index (χ0) is 8.20. The van der Waals surface area contributed by atoms with Crippen molar-refractivity contribution in [3.8, 4) is 0 Å². The molecule has 10 heavy (non-hydrogen) atoms. The minimum atomic E-state index is -0.122. The topological polar surface area (TPSA) is 17.1 Å². The maximum atomic E-state index is 10.2. The van der Waals surface area contributed by atoms with Gasteiger partial charge in [-0.1, -0.05) is 33.1 Å². The average Bonchev–Trinajstić information content (AvgIpc) is 1.86. The van der Waals surface area contributed by atoms with Gasteiger partial charge in [-0.05, 0) is 11.0 Å². The van der Waals surface area contributed by atoms with Crippen LogP contribution in [0.5, 0.6) is 0 Å². The van der Waals surface area contributed by atoms with Crippen LogP contribution in [0.4, 0.5) is 0 Å². The van der Waals surface area contributed by atoms with E-state index in [1.807, 2.05) is 13.8 Å². The van der Waals surface area contributed by atoms with Crippen molar-refractivity contribution in [2.24, 2.45) is 5.41 Å². The Morgan fingerprint density at radius 3 is 2.40 bits per heavy atom. The molecule has 1 heteroatoms. The van der Waals surface area contributed by atoms with Gasteiger partial charge in [0.05, 0.1) is 0 Å². The molecule has 0 bridgehead atoms. The summed E-state index contributed by atoms with van der Waals surface area (Å²) in [6.07, 6.45) is 3.12. The SMILES string of the molecule is C=CC(=C)C(C)(C)CC=O. The molecular weight excluding hydrogens is 124 g/mol. The third-order valence-electron chi connectivity index (χ3n) is 1.71. The molecule has 56 valence electrons. The van der Waals surface area contributed by atoms with Crippen LogP contribution in [0.15, 0.2) is 24.8 Å². The van der Waals surface area contributed by atoms with Crippen LogP contribution in [-0.2, 0) is 4.79 Å². The van der Waals surface area contributed by atoms with Crippen LogP contribution in [0.3, 0.4) is 0 Å². The summed E-state index contributed by atoms with van der Waals surface area (Å²) in [5.74, 6) is 0. The predicted molar refractivity (Wildman–Crippen MR) is 43.8 cm³/mol. The van der Waals surface area contributed by atoms with Crippen molar-refractivity contribution in [3.05, 3.63) is 24.8 Å². The highest BCUT2D eigenvalue weighted by molar-refractivity contribution is 5.52. The molecule has 0 rings (SSSR count). The molecule has 0 fully saturated rings. The van der Waals surface area contributed by atoms with Gasteiger partial charge in [0.15, 0.2) is 0 Å². The molecule has 0 amide bonds. The van der Waals surface area contributed by atoms with Crippen molar-refractivity contribution in [2.75, 3.05) is 0 Å². The molecule has 0 aliphatic heterocycles. The summed E-state index contributed by atoms with van der Waals surface area (Å²) in [6.45, 7) is 11.3. The first-order valence-electron chi connectivity index (χ1n) is 3.30. The summed E-state index contributed by atoms with van der Waals surface area (Å²) in [6, 6.07) is 0. The Bertz CT molecular complexity index is 154. The fraction of sp³-hybridized carbons (Fsp3) is 0.444. The Hall–Kier alpha value is -0.850. The fourth-order valence-electron chi connectivity index (χ4n) is 0.616. The van der Waals surface area contributed by atoms with E-state index in [-0.39, 0.29) is 5.41 Å². The minimum Gasteiger partial charge on any atom is -0.303 e. The molecular formula is C9H14O. The Kier molecular flexibility index (Phi) is 3.07. The van der Waals surface area contributed by atoms with E-state index in [4.69, 9.17) is 0 Å². The smallest absolute Gasteiger partial charge is 0.120 e. The van der Waals surface area contributed by atoms with E-state index in [0.29, 0.717) is 6.42 Å². The van der Waals surface area contributed by atoms with E-state index >= 15 is 0 Å². The first kappa shape index (κ1) is 9.15. The first-order chi connectivity index (χ1) is 4.54. The number of aldehydes is 1. The van der Waals surface area contributed by atoms with Crippen LogP contribution in [0.1, 0.15) is 20.3 Å². The molecule has 0 saturated heterocycles. The second kappa shape index (κ2) is 3.35. The van der Waals surface area contributed by atoms with Gasteiger partial charge in [0.1, 0.15) is 6.29 Å². The van der Waals surface area contributed by atoms with Gasteiger partial charge in [0.25, 0.3) is 0 Å². The summed E-state index contributed by atoms with van der Waals surface area (Å²) in [7, 11) is 0. The van der Waals surface area contributed by atoms with Crippen LogP contribution in [0.25, 0.3) is 0 Å². The lowest BCUT2D eigenvalue weighted by Gasteiger charge is -2.21. The highest BCUT2D eigenvalue weighted by Crippen LogP contribution is 2.27. The third kappa shape index (κ3) is 2.18. The normalized spacial score (nSPS) is 10.6. The molecule has 0 unspecified atom stereocenters. The standard InChI is InChI=1S/C9H14O/c1-5-8(2)9(3,4)6-7-10/h5,7H,1-2,6H2,3-4H3. The lowest BCUT2D eigenvalue weighted by atomic mass is 9.82. The van der Waals surface area contributed by atoms with E-state index in [2.05, 4.69) is 13.2 Å². The van der Waals surface area contributed by atoms with Gasteiger partial charge in [-0.15, -0.1) is 0 Å². The molecule has 0 aromatic heterocycles. The summed E-state index contributed by atoms with van der Waals surface area (Å²) in [5, 5.41) is 0. The zero-order valence-electron chi connectivity index (χ0n) is 6.68. The second-order valence-electron chi connectivity index (χ2n) is 2.98. The number of rotatable bonds is 4. The van der Waals surface area contributed by atoms with Gasteiger partial charge < -0.3 is 4.79 Å². The quantitative estimate of drug-likeness (QED) is 0.430. The molecule has 0 radical (unpaired) electrons. The Labute approximate surface area is 62.4 Å². The van der Waals surface area contributed by atoms with Crippen molar-refractivity contribution >= 4 is 6.29 Å². The Balaban J connectivity index is 4.22. The van der Waals surface area contributed by atoms with Gasteiger partial charge >= 0.3 is 0 Å². The van der Waals surface area contributed by atoms with Gasteiger partial charge in [0.2, 0.25) is 0 Å². The van der Waals surface area contributed by atoms with E-state index in [0.717, 1.165) is 11.9 Å². The molecule has 1 nitrogen and oxygen atoms in total. The second-order valence-corrected chi connectivity index (χ2v) is 2.98. The zero-order valence-corrected chi connectivity index (χ0v) is 6.68. The van der Waals surface area contributed by atoms with Gasteiger partial charge in [-0.3, -0.25) is 0 Å². The Morgan fingerprint density at radius 1 is 1.60 bits per heavy atom. The van der Waals surface area contributed by atoms with Gasteiger partial charge in [-0.25, -0.2) is 0 Å². The number of carbonyl (C=O) groups is 1. The molecule has 0 aliphatic carbocycles. The molecule has 0 aromatic rings. The molecule has 0 heterocycles. The number of carbonyl (C=O) groups excluding carboxylic acids is 1. The van der Waals surface area contributed by atoms with E-state index in [1.165, 1.54) is 0 Å². The maximum Gasteiger partial charge on any atom is 0.120 e. The number of allylic oxidation sites excluding steroid dienone is 2.